The Morgan fingerprint density at radius 1 is 0.500 bits per heavy atom. The number of nitrogens with zero attached hydrogens (tertiary/aromatic N) is 3. The monoisotopic (exact) mass is 786 g/mol. The Morgan fingerprint density at radius 2 is 1.17 bits per heavy atom. The molecular formula is C54H34N4OS. The molecular weight excluding hydrogens is 753 g/mol. The third kappa shape index (κ3) is 5.80. The molecule has 11 aromatic rings. The quantitative estimate of drug-likeness (QED) is 0.183. The molecule has 60 heavy (non-hydrogen) atoms. The maximum absolute atomic E-state index is 6.37. The Labute approximate surface area is 349 Å². The van der Waals surface area contributed by atoms with Crippen molar-refractivity contribution in [2.24, 2.45) is 9.98 Å². The summed E-state index contributed by atoms with van der Waals surface area (Å²) in [5, 5.41) is 9.55. The molecule has 12 rings (SSSR count). The van der Waals surface area contributed by atoms with Crippen LogP contribution in [0.2, 0.25) is 0 Å². The van der Waals surface area contributed by atoms with Gasteiger partial charge >= 0.3 is 0 Å². The summed E-state index contributed by atoms with van der Waals surface area (Å²) in [5.41, 5.74) is 12.3. The number of amidine groups is 2. The minimum absolute atomic E-state index is 0.343. The van der Waals surface area contributed by atoms with Crippen LogP contribution in [0.1, 0.15) is 22.9 Å². The van der Waals surface area contributed by atoms with Crippen molar-refractivity contribution in [2.75, 3.05) is 0 Å². The number of thiophene rings is 1. The number of pyridine rings is 1. The fourth-order valence-corrected chi connectivity index (χ4v) is 9.81. The van der Waals surface area contributed by atoms with Crippen molar-refractivity contribution in [1.29, 1.82) is 0 Å². The molecule has 4 heterocycles. The molecule has 0 bridgehead atoms. The second-order valence-electron chi connectivity index (χ2n) is 15.2. The molecule has 0 amide bonds. The van der Waals surface area contributed by atoms with Gasteiger partial charge in [0.2, 0.25) is 0 Å². The van der Waals surface area contributed by atoms with Crippen molar-refractivity contribution in [2.45, 2.75) is 6.17 Å². The fourth-order valence-electron chi connectivity index (χ4n) is 8.58. The number of hydrogen-bond acceptors (Lipinski definition) is 6. The Bertz CT molecular complexity index is 3490. The van der Waals surface area contributed by atoms with Crippen LogP contribution in [0.15, 0.2) is 209 Å². The van der Waals surface area contributed by atoms with Crippen LogP contribution in [0.3, 0.4) is 0 Å². The van der Waals surface area contributed by atoms with E-state index in [1.54, 1.807) is 11.3 Å². The second kappa shape index (κ2) is 14.0. The Hall–Kier alpha value is -7.67. The molecule has 1 N–H and O–H groups in total. The maximum atomic E-state index is 6.37. The second-order valence-corrected chi connectivity index (χ2v) is 16.2. The molecule has 8 aromatic carbocycles. The van der Waals surface area contributed by atoms with Gasteiger partial charge in [-0.05, 0) is 46.5 Å². The number of aromatic nitrogens is 1. The molecule has 0 fully saturated rings. The zero-order chi connectivity index (χ0) is 39.6. The van der Waals surface area contributed by atoms with Crippen molar-refractivity contribution >= 4 is 76.0 Å². The standard InChI is InChI=1S/C54H34N4OS/c1-3-12-33(13-4-1)39-30-31-45-44(32-39)48-43-17-8-10-21-47(43)60-51(48)49(55-45)35-24-28-38(29-25-35)54-57-52(36-14-5-2-6-15-36)56-53(58-54)37-26-22-34(23-27-37)40-18-11-19-42-41-16-7-9-20-46(41)59-50(40)42/h1-32,53H,(H,56,57,58). The lowest BCUT2D eigenvalue weighted by atomic mass is 9.98. The predicted molar refractivity (Wildman–Crippen MR) is 250 cm³/mol. The van der Waals surface area contributed by atoms with Crippen molar-refractivity contribution in [1.82, 2.24) is 10.3 Å². The highest BCUT2D eigenvalue weighted by molar-refractivity contribution is 7.26. The number of fused-ring (bicyclic) bond motifs is 8. The third-order valence-corrected chi connectivity index (χ3v) is 12.7. The lowest BCUT2D eigenvalue weighted by molar-refractivity contribution is 0.670. The van der Waals surface area contributed by atoms with Crippen LogP contribution in [-0.4, -0.2) is 16.7 Å². The van der Waals surface area contributed by atoms with Gasteiger partial charge in [0.25, 0.3) is 0 Å². The normalized spacial score (nSPS) is 14.2. The molecule has 0 saturated carbocycles. The topological polar surface area (TPSA) is 62.8 Å². The van der Waals surface area contributed by atoms with Crippen LogP contribution < -0.4 is 5.32 Å². The van der Waals surface area contributed by atoms with Gasteiger partial charge < -0.3 is 9.73 Å². The molecule has 5 nitrogen and oxygen atoms in total. The van der Waals surface area contributed by atoms with Gasteiger partial charge in [-0.1, -0.05) is 170 Å². The first-order valence-electron chi connectivity index (χ1n) is 20.1. The summed E-state index contributed by atoms with van der Waals surface area (Å²) < 4.78 is 8.80. The SMILES string of the molecule is c1ccc(C2=NC(c3ccc(-c4nc5ccc(-c6ccccc6)cc5c5c4sc4ccccc45)cc3)=NC(c3ccc(-c4cccc5c4oc4ccccc45)cc3)N2)cc1. The van der Waals surface area contributed by atoms with Crippen molar-refractivity contribution < 1.29 is 4.42 Å². The molecule has 1 aliphatic heterocycles. The number of rotatable bonds is 6. The largest absolute Gasteiger partial charge is 0.455 e. The fraction of sp³-hybridized carbons (Fsp3) is 0.0185. The van der Waals surface area contributed by atoms with E-state index in [2.05, 4.69) is 169 Å². The van der Waals surface area contributed by atoms with Gasteiger partial charge in [-0.25, -0.2) is 15.0 Å². The minimum Gasteiger partial charge on any atom is -0.455 e. The molecule has 1 unspecified atom stereocenters. The molecule has 1 aliphatic rings. The summed E-state index contributed by atoms with van der Waals surface area (Å²) in [7, 11) is 0. The summed E-state index contributed by atoms with van der Waals surface area (Å²) >= 11 is 1.81. The van der Waals surface area contributed by atoms with Gasteiger partial charge in [0.15, 0.2) is 5.84 Å². The van der Waals surface area contributed by atoms with E-state index in [-0.39, 0.29) is 6.17 Å². The van der Waals surface area contributed by atoms with Gasteiger partial charge in [-0.15, -0.1) is 11.3 Å². The molecule has 0 spiro atoms. The van der Waals surface area contributed by atoms with E-state index in [4.69, 9.17) is 19.4 Å². The van der Waals surface area contributed by atoms with Gasteiger partial charge in [0, 0.05) is 53.9 Å². The van der Waals surface area contributed by atoms with Crippen LogP contribution in [0.5, 0.6) is 0 Å². The molecule has 3 aromatic heterocycles. The summed E-state index contributed by atoms with van der Waals surface area (Å²) in [6, 6.07) is 67.9. The van der Waals surface area contributed by atoms with E-state index < -0.39 is 0 Å². The Morgan fingerprint density at radius 3 is 1.98 bits per heavy atom. The maximum Gasteiger partial charge on any atom is 0.159 e. The molecule has 0 aliphatic carbocycles. The number of benzene rings is 8. The Kier molecular flexibility index (Phi) is 8.03. The summed E-state index contributed by atoms with van der Waals surface area (Å²) in [6.45, 7) is 0. The van der Waals surface area contributed by atoms with Crippen molar-refractivity contribution in [3.8, 4) is 33.5 Å². The van der Waals surface area contributed by atoms with Gasteiger partial charge in [-0.2, -0.15) is 0 Å². The van der Waals surface area contributed by atoms with Crippen LogP contribution in [0, 0.1) is 0 Å². The zero-order valence-electron chi connectivity index (χ0n) is 32.2. The number of para-hydroxylation sites is 2. The van der Waals surface area contributed by atoms with E-state index in [1.807, 2.05) is 30.3 Å². The molecule has 0 saturated heterocycles. The average molecular weight is 787 g/mol. The molecule has 282 valence electrons. The first-order chi connectivity index (χ1) is 29.7. The van der Waals surface area contributed by atoms with Crippen LogP contribution >= 0.6 is 11.3 Å². The zero-order valence-corrected chi connectivity index (χ0v) is 33.0. The van der Waals surface area contributed by atoms with Gasteiger partial charge in [-0.3, -0.25) is 0 Å². The van der Waals surface area contributed by atoms with Crippen LogP contribution in [0.25, 0.3) is 86.5 Å². The van der Waals surface area contributed by atoms with Crippen molar-refractivity contribution in [3.05, 3.63) is 211 Å². The molecule has 1 atom stereocenters. The summed E-state index contributed by atoms with van der Waals surface area (Å²) in [6.07, 6.45) is -0.343. The minimum atomic E-state index is -0.343. The number of furan rings is 1. The van der Waals surface area contributed by atoms with Crippen LogP contribution in [-0.2, 0) is 0 Å². The summed E-state index contributed by atoms with van der Waals surface area (Å²) in [4.78, 5) is 15.7. The number of hydrogen-bond donors (Lipinski definition) is 1. The lowest BCUT2D eigenvalue weighted by Crippen LogP contribution is -2.33. The lowest BCUT2D eigenvalue weighted by Gasteiger charge is -2.24. The van der Waals surface area contributed by atoms with Gasteiger partial charge in [0.05, 0.1) is 15.9 Å². The smallest absolute Gasteiger partial charge is 0.159 e. The first kappa shape index (κ1) is 34.4. The van der Waals surface area contributed by atoms with E-state index in [9.17, 15) is 0 Å². The van der Waals surface area contributed by atoms with E-state index in [0.29, 0.717) is 5.84 Å². The highest BCUT2D eigenvalue weighted by atomic mass is 32.1. The predicted octanol–water partition coefficient (Wildman–Crippen LogP) is 14.0. The highest BCUT2D eigenvalue weighted by Gasteiger charge is 2.23. The third-order valence-electron chi connectivity index (χ3n) is 11.6. The number of aliphatic imine (C=N–C) groups is 2. The highest BCUT2D eigenvalue weighted by Crippen LogP contribution is 2.44. The van der Waals surface area contributed by atoms with E-state index in [0.717, 1.165) is 72.4 Å². The van der Waals surface area contributed by atoms with E-state index >= 15 is 0 Å². The molecule has 6 heteroatoms. The van der Waals surface area contributed by atoms with Gasteiger partial charge in [0.1, 0.15) is 23.2 Å². The van der Waals surface area contributed by atoms with Crippen molar-refractivity contribution in [3.63, 3.8) is 0 Å². The Balaban J connectivity index is 0.925. The summed E-state index contributed by atoms with van der Waals surface area (Å²) in [5.74, 6) is 1.45. The molecule has 0 radical (unpaired) electrons. The van der Waals surface area contributed by atoms with E-state index in [1.165, 1.54) is 36.7 Å². The van der Waals surface area contributed by atoms with Crippen LogP contribution in [0.4, 0.5) is 0 Å². The number of nitrogens with one attached hydrogen (secondary N) is 1. The first-order valence-corrected chi connectivity index (χ1v) is 20.9. The average Bonchev–Trinajstić information content (AvgIpc) is 3.91.